The zero-order valence-electron chi connectivity index (χ0n) is 28.5. The maximum atomic E-state index is 9.57. The number of nitriles is 1. The Morgan fingerprint density at radius 3 is 1.32 bits per heavy atom. The molecule has 4 nitrogen and oxygen atoms in total. The van der Waals surface area contributed by atoms with Gasteiger partial charge in [0.25, 0.3) is 0 Å². The standard InChI is InChI=1S/C46H34N4/c1-29-10-6-8-12-41(29)49(35-18-14-33(28-47)15-19-35)43-26-31(3)37-23-25-40-44(27-32(4)38-22-24-39(43)45(37)46(38)40)50(42-13-9-7-11-30(42)2)36-20-16-34(48-5)17-21-36/h6-27H,1-4H3. The van der Waals surface area contributed by atoms with Crippen LogP contribution in [0.25, 0.3) is 37.2 Å². The van der Waals surface area contributed by atoms with Gasteiger partial charge in [-0.15, -0.1) is 0 Å². The Morgan fingerprint density at radius 1 is 0.480 bits per heavy atom. The average Bonchev–Trinajstić information content (AvgIpc) is 3.15. The summed E-state index contributed by atoms with van der Waals surface area (Å²) in [5.41, 5.74) is 12.4. The minimum absolute atomic E-state index is 0.619. The molecule has 8 rings (SSSR count). The summed E-state index contributed by atoms with van der Waals surface area (Å²) < 4.78 is 0. The van der Waals surface area contributed by atoms with E-state index < -0.39 is 0 Å². The monoisotopic (exact) mass is 642 g/mol. The van der Waals surface area contributed by atoms with E-state index in [1.54, 1.807) is 0 Å². The molecule has 0 amide bonds. The third-order valence-corrected chi connectivity index (χ3v) is 9.95. The Balaban J connectivity index is 1.46. The predicted octanol–water partition coefficient (Wildman–Crippen LogP) is 13.2. The predicted molar refractivity (Wildman–Crippen MR) is 209 cm³/mol. The van der Waals surface area contributed by atoms with Crippen molar-refractivity contribution in [1.82, 2.24) is 0 Å². The van der Waals surface area contributed by atoms with Crippen LogP contribution < -0.4 is 9.80 Å². The van der Waals surface area contributed by atoms with Gasteiger partial charge in [0, 0.05) is 33.5 Å². The van der Waals surface area contributed by atoms with Crippen LogP contribution >= 0.6 is 0 Å². The van der Waals surface area contributed by atoms with E-state index in [0.29, 0.717) is 11.3 Å². The van der Waals surface area contributed by atoms with Gasteiger partial charge in [0.15, 0.2) is 5.69 Å². The molecule has 0 atom stereocenters. The van der Waals surface area contributed by atoms with E-state index in [9.17, 15) is 5.26 Å². The van der Waals surface area contributed by atoms with Crippen LogP contribution in [0.4, 0.5) is 39.8 Å². The molecule has 0 aliphatic rings. The van der Waals surface area contributed by atoms with E-state index in [0.717, 1.165) is 45.1 Å². The molecule has 0 spiro atoms. The van der Waals surface area contributed by atoms with Crippen LogP contribution in [0.15, 0.2) is 133 Å². The van der Waals surface area contributed by atoms with E-state index in [4.69, 9.17) is 6.57 Å². The van der Waals surface area contributed by atoms with Crippen LogP contribution in [0, 0.1) is 45.6 Å². The molecule has 0 unspecified atom stereocenters. The quantitative estimate of drug-likeness (QED) is 0.134. The second-order valence-corrected chi connectivity index (χ2v) is 13.0. The van der Waals surface area contributed by atoms with Crippen LogP contribution in [0.5, 0.6) is 0 Å². The summed E-state index contributed by atoms with van der Waals surface area (Å²) in [6.07, 6.45) is 0. The number of nitrogens with zero attached hydrogens (tertiary/aromatic N) is 4. The largest absolute Gasteiger partial charge is 0.310 e. The lowest BCUT2D eigenvalue weighted by Gasteiger charge is -2.31. The second kappa shape index (κ2) is 12.1. The van der Waals surface area contributed by atoms with Gasteiger partial charge in [-0.3, -0.25) is 0 Å². The number of benzene rings is 8. The number of hydrogen-bond acceptors (Lipinski definition) is 3. The van der Waals surface area contributed by atoms with Gasteiger partial charge in [0.05, 0.1) is 29.6 Å². The fraction of sp³-hybridized carbons (Fsp3) is 0.0870. The van der Waals surface area contributed by atoms with E-state index in [1.807, 2.05) is 48.5 Å². The summed E-state index contributed by atoms with van der Waals surface area (Å²) in [6.45, 7) is 16.2. The van der Waals surface area contributed by atoms with Crippen LogP contribution in [0.2, 0.25) is 0 Å². The van der Waals surface area contributed by atoms with Crippen molar-refractivity contribution in [1.29, 1.82) is 5.26 Å². The molecule has 0 aliphatic carbocycles. The number of aryl methyl sites for hydroxylation is 4. The van der Waals surface area contributed by atoms with Crippen molar-refractivity contribution < 1.29 is 0 Å². The lowest BCUT2D eigenvalue weighted by molar-refractivity contribution is 1.25. The van der Waals surface area contributed by atoms with Gasteiger partial charge in [-0.1, -0.05) is 72.8 Å². The minimum atomic E-state index is 0.619. The molecule has 0 bridgehead atoms. The molecule has 4 heteroatoms. The van der Waals surface area contributed by atoms with Crippen molar-refractivity contribution in [3.63, 3.8) is 0 Å². The molecule has 0 saturated heterocycles. The van der Waals surface area contributed by atoms with Crippen LogP contribution in [-0.2, 0) is 0 Å². The SMILES string of the molecule is [C-]#[N+]c1ccc(N(c2ccccc2C)c2cc(C)c3ccc4c(N(c5ccc(C#N)cc5)c5ccccc5C)cc(C)c5ccc2c3c54)cc1. The molecule has 0 fully saturated rings. The molecule has 0 heterocycles. The summed E-state index contributed by atoms with van der Waals surface area (Å²) in [7, 11) is 0. The summed E-state index contributed by atoms with van der Waals surface area (Å²) in [6, 6.07) is 48.7. The summed E-state index contributed by atoms with van der Waals surface area (Å²) in [4.78, 5) is 8.33. The number of para-hydroxylation sites is 2. The number of anilines is 6. The summed E-state index contributed by atoms with van der Waals surface area (Å²) in [5.74, 6) is 0. The summed E-state index contributed by atoms with van der Waals surface area (Å²) >= 11 is 0. The minimum Gasteiger partial charge on any atom is -0.310 e. The number of rotatable bonds is 6. The third-order valence-electron chi connectivity index (χ3n) is 9.95. The molecule has 0 N–H and O–H groups in total. The van der Waals surface area contributed by atoms with Gasteiger partial charge >= 0.3 is 0 Å². The molecular weight excluding hydrogens is 609 g/mol. The van der Waals surface area contributed by atoms with Gasteiger partial charge in [0.2, 0.25) is 0 Å². The van der Waals surface area contributed by atoms with Crippen molar-refractivity contribution in [2.45, 2.75) is 27.7 Å². The van der Waals surface area contributed by atoms with Gasteiger partial charge in [-0.25, -0.2) is 4.85 Å². The van der Waals surface area contributed by atoms with Crippen molar-refractivity contribution in [3.05, 3.63) is 173 Å². The van der Waals surface area contributed by atoms with Crippen LogP contribution in [0.1, 0.15) is 27.8 Å². The molecule has 0 radical (unpaired) electrons. The summed E-state index contributed by atoms with van der Waals surface area (Å²) in [5, 5.41) is 16.8. The van der Waals surface area contributed by atoms with E-state index in [-0.39, 0.29) is 0 Å². The van der Waals surface area contributed by atoms with Crippen molar-refractivity contribution in [2.24, 2.45) is 0 Å². The molecule has 50 heavy (non-hydrogen) atoms. The fourth-order valence-electron chi connectivity index (χ4n) is 7.48. The average molecular weight is 643 g/mol. The topological polar surface area (TPSA) is 34.6 Å². The van der Waals surface area contributed by atoms with Gasteiger partial charge < -0.3 is 9.80 Å². The lowest BCUT2D eigenvalue weighted by Crippen LogP contribution is -2.13. The molecule has 8 aromatic carbocycles. The third kappa shape index (κ3) is 4.90. The lowest BCUT2D eigenvalue weighted by atomic mass is 9.88. The zero-order chi connectivity index (χ0) is 34.5. The zero-order valence-corrected chi connectivity index (χ0v) is 28.5. The van der Waals surface area contributed by atoms with E-state index in [2.05, 4.69) is 133 Å². The van der Waals surface area contributed by atoms with Crippen molar-refractivity contribution >= 4 is 72.1 Å². The van der Waals surface area contributed by atoms with E-state index >= 15 is 0 Å². The van der Waals surface area contributed by atoms with Crippen LogP contribution in [-0.4, -0.2) is 0 Å². The Bertz CT molecular complexity index is 2470. The first-order chi connectivity index (χ1) is 24.4. The van der Waals surface area contributed by atoms with Gasteiger partial charge in [0.1, 0.15) is 0 Å². The number of hydrogen-bond donors (Lipinski definition) is 0. The van der Waals surface area contributed by atoms with E-state index in [1.165, 1.54) is 43.6 Å². The maximum Gasteiger partial charge on any atom is 0.187 e. The highest BCUT2D eigenvalue weighted by molar-refractivity contribution is 6.29. The Labute approximate surface area is 292 Å². The highest BCUT2D eigenvalue weighted by atomic mass is 15.2. The first-order valence-electron chi connectivity index (χ1n) is 16.8. The highest BCUT2D eigenvalue weighted by Crippen LogP contribution is 2.49. The molecule has 0 aromatic heterocycles. The highest BCUT2D eigenvalue weighted by Gasteiger charge is 2.24. The Hall–Kier alpha value is -6.62. The first-order valence-corrected chi connectivity index (χ1v) is 16.8. The van der Waals surface area contributed by atoms with Crippen LogP contribution in [0.3, 0.4) is 0 Å². The maximum absolute atomic E-state index is 9.57. The van der Waals surface area contributed by atoms with Gasteiger partial charge in [-0.05, 0) is 132 Å². The molecular formula is C46H34N4. The Kier molecular flexibility index (Phi) is 7.44. The normalized spacial score (nSPS) is 11.2. The Morgan fingerprint density at radius 2 is 0.900 bits per heavy atom. The van der Waals surface area contributed by atoms with Crippen molar-refractivity contribution in [2.75, 3.05) is 9.80 Å². The molecule has 0 aliphatic heterocycles. The second-order valence-electron chi connectivity index (χ2n) is 13.0. The molecule has 8 aromatic rings. The van der Waals surface area contributed by atoms with Gasteiger partial charge in [-0.2, -0.15) is 5.26 Å². The smallest absolute Gasteiger partial charge is 0.187 e. The van der Waals surface area contributed by atoms with Crippen molar-refractivity contribution in [3.8, 4) is 6.07 Å². The molecule has 0 saturated carbocycles. The molecule has 238 valence electrons. The fourth-order valence-corrected chi connectivity index (χ4v) is 7.48. The first kappa shape index (κ1) is 30.7.